The van der Waals surface area contributed by atoms with Crippen LogP contribution in [0.4, 0.5) is 0 Å². The highest BCUT2D eigenvalue weighted by molar-refractivity contribution is 5.81. The summed E-state index contributed by atoms with van der Waals surface area (Å²) in [5, 5.41) is 0. The van der Waals surface area contributed by atoms with E-state index in [9.17, 15) is 4.79 Å². The highest BCUT2D eigenvalue weighted by Gasteiger charge is 2.28. The minimum absolute atomic E-state index is 0.124. The smallest absolute Gasteiger partial charge is 0.239 e. The van der Waals surface area contributed by atoms with Gasteiger partial charge in [0.05, 0.1) is 6.04 Å². The predicted octanol–water partition coefficient (Wildman–Crippen LogP) is 0.741. The molecule has 2 rings (SSSR count). The lowest BCUT2D eigenvalue weighted by atomic mass is 10.2. The second-order valence-electron chi connectivity index (χ2n) is 6.69. The zero-order valence-corrected chi connectivity index (χ0v) is 13.9. The Morgan fingerprint density at radius 2 is 1.67 bits per heavy atom. The number of likely N-dealkylation sites (tertiary alicyclic amines) is 1. The Balaban J connectivity index is 1.71. The number of hydrogen-bond donors (Lipinski definition) is 1. The van der Waals surface area contributed by atoms with Gasteiger partial charge in [-0.25, -0.2) is 0 Å². The predicted molar refractivity (Wildman–Crippen MR) is 86.2 cm³/mol. The average molecular weight is 296 g/mol. The largest absolute Gasteiger partial charge is 0.339 e. The van der Waals surface area contributed by atoms with E-state index in [1.807, 2.05) is 11.8 Å². The van der Waals surface area contributed by atoms with Crippen molar-refractivity contribution in [3.63, 3.8) is 0 Å². The van der Waals surface area contributed by atoms with Crippen LogP contribution < -0.4 is 5.73 Å². The minimum atomic E-state index is -0.317. The number of nitrogens with zero attached hydrogens (tertiary/aromatic N) is 3. The fourth-order valence-corrected chi connectivity index (χ4v) is 3.55. The van der Waals surface area contributed by atoms with E-state index in [-0.39, 0.29) is 11.9 Å². The Bertz CT molecular complexity index is 331. The maximum Gasteiger partial charge on any atom is 0.239 e. The van der Waals surface area contributed by atoms with Crippen molar-refractivity contribution < 1.29 is 4.79 Å². The van der Waals surface area contributed by atoms with E-state index in [0.29, 0.717) is 0 Å². The summed E-state index contributed by atoms with van der Waals surface area (Å²) in [5.41, 5.74) is 5.84. The lowest BCUT2D eigenvalue weighted by Crippen LogP contribution is -2.54. The topological polar surface area (TPSA) is 52.8 Å². The first-order valence-electron chi connectivity index (χ1n) is 8.55. The lowest BCUT2D eigenvalue weighted by Gasteiger charge is -2.37. The highest BCUT2D eigenvalue weighted by atomic mass is 16.2. The number of carbonyl (C=O) groups excluding carboxylic acids is 1. The van der Waals surface area contributed by atoms with Gasteiger partial charge in [-0.2, -0.15) is 0 Å². The number of nitrogens with two attached hydrogens (primary N) is 1. The van der Waals surface area contributed by atoms with Gasteiger partial charge in [0.1, 0.15) is 0 Å². The monoisotopic (exact) mass is 296 g/mol. The number of amides is 1. The Hall–Kier alpha value is -0.650. The molecule has 2 aliphatic heterocycles. The molecule has 0 unspecified atom stereocenters. The van der Waals surface area contributed by atoms with Crippen molar-refractivity contribution in [2.24, 2.45) is 5.73 Å². The van der Waals surface area contributed by atoms with Gasteiger partial charge in [0.2, 0.25) is 5.91 Å². The minimum Gasteiger partial charge on any atom is -0.339 e. The third kappa shape index (κ3) is 4.18. The van der Waals surface area contributed by atoms with Crippen LogP contribution in [0, 0.1) is 0 Å². The van der Waals surface area contributed by atoms with Crippen molar-refractivity contribution >= 4 is 5.91 Å². The molecule has 2 heterocycles. The molecule has 2 saturated heterocycles. The average Bonchev–Trinajstić information content (AvgIpc) is 2.83. The van der Waals surface area contributed by atoms with Crippen LogP contribution in [0.15, 0.2) is 0 Å². The lowest BCUT2D eigenvalue weighted by molar-refractivity contribution is -0.134. The van der Waals surface area contributed by atoms with Crippen molar-refractivity contribution in [2.75, 3.05) is 39.3 Å². The van der Waals surface area contributed by atoms with E-state index >= 15 is 0 Å². The zero-order chi connectivity index (χ0) is 15.4. The molecule has 0 spiro atoms. The van der Waals surface area contributed by atoms with Crippen LogP contribution in [0.25, 0.3) is 0 Å². The highest BCUT2D eigenvalue weighted by Crippen LogP contribution is 2.22. The van der Waals surface area contributed by atoms with Crippen molar-refractivity contribution in [2.45, 2.75) is 58.2 Å². The van der Waals surface area contributed by atoms with Gasteiger partial charge in [0.25, 0.3) is 0 Å². The first-order valence-corrected chi connectivity index (χ1v) is 8.55. The van der Waals surface area contributed by atoms with Gasteiger partial charge >= 0.3 is 0 Å². The van der Waals surface area contributed by atoms with E-state index in [0.717, 1.165) is 57.8 Å². The summed E-state index contributed by atoms with van der Waals surface area (Å²) in [4.78, 5) is 19.1. The Morgan fingerprint density at radius 3 is 2.19 bits per heavy atom. The van der Waals surface area contributed by atoms with E-state index in [1.165, 1.54) is 12.8 Å². The third-order valence-corrected chi connectivity index (χ3v) is 5.25. The molecule has 2 fully saturated rings. The SMILES string of the molecule is CC[C@H](N)C(=O)N1CCN(CCN2[C@H](C)CC[C@@H]2C)CC1. The summed E-state index contributed by atoms with van der Waals surface area (Å²) >= 11 is 0. The number of rotatable bonds is 5. The Labute approximate surface area is 129 Å². The van der Waals surface area contributed by atoms with Gasteiger partial charge in [-0.05, 0) is 33.1 Å². The molecular formula is C16H32N4O. The molecule has 0 aromatic carbocycles. The number of hydrogen-bond acceptors (Lipinski definition) is 4. The van der Waals surface area contributed by atoms with Gasteiger partial charge in [-0.3, -0.25) is 14.6 Å². The van der Waals surface area contributed by atoms with E-state index < -0.39 is 0 Å². The summed E-state index contributed by atoms with van der Waals surface area (Å²) in [6.45, 7) is 12.6. The van der Waals surface area contributed by atoms with Crippen molar-refractivity contribution in [3.8, 4) is 0 Å². The molecule has 1 amide bonds. The molecule has 3 atom stereocenters. The quantitative estimate of drug-likeness (QED) is 0.813. The van der Waals surface area contributed by atoms with Crippen molar-refractivity contribution in [1.82, 2.24) is 14.7 Å². The Kier molecular flexibility index (Phi) is 6.02. The normalized spacial score (nSPS) is 29.8. The summed E-state index contributed by atoms with van der Waals surface area (Å²) in [7, 11) is 0. The van der Waals surface area contributed by atoms with Crippen LogP contribution in [0.1, 0.15) is 40.0 Å². The Morgan fingerprint density at radius 1 is 1.10 bits per heavy atom. The molecule has 2 N–H and O–H groups in total. The molecule has 0 aliphatic carbocycles. The number of carbonyl (C=O) groups is 1. The molecule has 0 radical (unpaired) electrons. The van der Waals surface area contributed by atoms with Crippen LogP contribution in [0.2, 0.25) is 0 Å². The van der Waals surface area contributed by atoms with E-state index in [1.54, 1.807) is 0 Å². The van der Waals surface area contributed by atoms with Gasteiger partial charge in [0.15, 0.2) is 0 Å². The zero-order valence-electron chi connectivity index (χ0n) is 13.9. The van der Waals surface area contributed by atoms with E-state index in [4.69, 9.17) is 5.73 Å². The van der Waals surface area contributed by atoms with Crippen LogP contribution in [0.5, 0.6) is 0 Å². The van der Waals surface area contributed by atoms with Gasteiger partial charge in [0, 0.05) is 51.4 Å². The van der Waals surface area contributed by atoms with Crippen LogP contribution >= 0.6 is 0 Å². The molecule has 0 saturated carbocycles. The number of piperazine rings is 1. The van der Waals surface area contributed by atoms with Crippen LogP contribution in [0.3, 0.4) is 0 Å². The van der Waals surface area contributed by atoms with Gasteiger partial charge < -0.3 is 10.6 Å². The third-order valence-electron chi connectivity index (χ3n) is 5.25. The summed E-state index contributed by atoms with van der Waals surface area (Å²) in [6.07, 6.45) is 3.39. The first-order chi connectivity index (χ1) is 10.0. The first kappa shape index (κ1) is 16.7. The molecule has 0 aromatic rings. The van der Waals surface area contributed by atoms with E-state index in [2.05, 4.69) is 23.6 Å². The summed E-state index contributed by atoms with van der Waals surface area (Å²) < 4.78 is 0. The molecule has 21 heavy (non-hydrogen) atoms. The molecule has 0 bridgehead atoms. The second kappa shape index (κ2) is 7.56. The fraction of sp³-hybridized carbons (Fsp3) is 0.938. The second-order valence-corrected chi connectivity index (χ2v) is 6.69. The maximum absolute atomic E-state index is 12.1. The van der Waals surface area contributed by atoms with Crippen molar-refractivity contribution in [3.05, 3.63) is 0 Å². The summed E-state index contributed by atoms with van der Waals surface area (Å²) in [6, 6.07) is 1.14. The molecule has 2 aliphatic rings. The fourth-order valence-electron chi connectivity index (χ4n) is 3.55. The van der Waals surface area contributed by atoms with Crippen molar-refractivity contribution in [1.29, 1.82) is 0 Å². The van der Waals surface area contributed by atoms with Gasteiger partial charge in [-0.1, -0.05) is 6.92 Å². The molecule has 5 nitrogen and oxygen atoms in total. The van der Waals surface area contributed by atoms with Gasteiger partial charge in [-0.15, -0.1) is 0 Å². The van der Waals surface area contributed by atoms with Crippen LogP contribution in [-0.2, 0) is 4.79 Å². The summed E-state index contributed by atoms with van der Waals surface area (Å²) in [5.74, 6) is 0.124. The molecule has 0 aromatic heterocycles. The standard InChI is InChI=1S/C16H32N4O/c1-4-15(17)16(21)19-10-7-18(8-11-19)9-12-20-13(2)5-6-14(20)3/h13-15H,4-12,17H2,1-3H3/t13-,14+,15-/m0/s1. The molecular weight excluding hydrogens is 264 g/mol. The van der Waals surface area contributed by atoms with Crippen LogP contribution in [-0.4, -0.2) is 78.0 Å². The maximum atomic E-state index is 12.1. The molecule has 122 valence electrons. The molecule has 5 heteroatoms.